The maximum absolute atomic E-state index is 12.7. The number of hydrogen-bond acceptors (Lipinski definition) is 5. The number of aryl methyl sites for hydroxylation is 1. The molecule has 3 N–H and O–H groups in total. The van der Waals surface area contributed by atoms with Crippen LogP contribution in [0.25, 0.3) is 0 Å². The minimum absolute atomic E-state index is 0. The lowest BCUT2D eigenvalue weighted by molar-refractivity contribution is -0.118. The highest BCUT2D eigenvalue weighted by atomic mass is 35.5. The van der Waals surface area contributed by atoms with Crippen molar-refractivity contribution in [2.45, 2.75) is 38.6 Å². The third-order valence-electron chi connectivity index (χ3n) is 3.92. The Morgan fingerprint density at radius 2 is 1.84 bits per heavy atom. The first-order chi connectivity index (χ1) is 11.2. The van der Waals surface area contributed by atoms with Crippen LogP contribution in [-0.4, -0.2) is 51.5 Å². The van der Waals surface area contributed by atoms with Crippen molar-refractivity contribution in [2.75, 3.05) is 32.1 Å². The van der Waals surface area contributed by atoms with Crippen molar-refractivity contribution in [1.29, 1.82) is 0 Å². The fraction of sp³-hybridized carbons (Fsp3) is 0.562. The van der Waals surface area contributed by atoms with Gasteiger partial charge in [0.05, 0.1) is 11.5 Å². The molecular formula is C16H28ClN3O4S. The summed E-state index contributed by atoms with van der Waals surface area (Å²) >= 11 is 0. The summed E-state index contributed by atoms with van der Waals surface area (Å²) in [5.74, 6) is -0.420. The van der Waals surface area contributed by atoms with E-state index in [4.69, 9.17) is 10.5 Å². The van der Waals surface area contributed by atoms with Crippen molar-refractivity contribution in [2.24, 2.45) is 5.73 Å². The first-order valence-electron chi connectivity index (χ1n) is 7.85. The van der Waals surface area contributed by atoms with E-state index in [0.717, 1.165) is 11.1 Å². The summed E-state index contributed by atoms with van der Waals surface area (Å²) in [5, 5.41) is 2.70. The van der Waals surface area contributed by atoms with Gasteiger partial charge in [0.2, 0.25) is 15.9 Å². The van der Waals surface area contributed by atoms with Crippen molar-refractivity contribution in [1.82, 2.24) is 4.31 Å². The number of nitrogens with two attached hydrogens (primary N) is 1. The normalized spacial score (nSPS) is 12.6. The number of benzene rings is 1. The number of carbonyl (C=O) groups excluding carboxylic acids is 1. The van der Waals surface area contributed by atoms with Crippen molar-refractivity contribution in [3.8, 4) is 0 Å². The van der Waals surface area contributed by atoms with Crippen LogP contribution >= 0.6 is 12.4 Å². The predicted octanol–water partition coefficient (Wildman–Crippen LogP) is 1.67. The van der Waals surface area contributed by atoms with Crippen LogP contribution in [0.5, 0.6) is 0 Å². The van der Waals surface area contributed by atoms with Crippen LogP contribution in [0.2, 0.25) is 0 Å². The Labute approximate surface area is 156 Å². The standard InChI is InChI=1S/C16H27N3O4S.ClH/c1-6-19(7-2)24(21,22)13-8-11(3)12(4)15(9-13)18-16(20)14(17)10-23-5;/h8-9,14H,6-7,10,17H2,1-5H3,(H,18,20);1H. The lowest BCUT2D eigenvalue weighted by Gasteiger charge is -2.21. The van der Waals surface area contributed by atoms with Crippen LogP contribution in [0.4, 0.5) is 5.69 Å². The van der Waals surface area contributed by atoms with Gasteiger partial charge in [-0.15, -0.1) is 12.4 Å². The van der Waals surface area contributed by atoms with Gasteiger partial charge in [0, 0.05) is 25.9 Å². The highest BCUT2D eigenvalue weighted by Crippen LogP contribution is 2.26. The monoisotopic (exact) mass is 393 g/mol. The number of nitrogens with one attached hydrogen (secondary N) is 1. The fourth-order valence-corrected chi connectivity index (χ4v) is 3.87. The number of amides is 1. The van der Waals surface area contributed by atoms with E-state index in [1.165, 1.54) is 17.5 Å². The maximum Gasteiger partial charge on any atom is 0.243 e. The van der Waals surface area contributed by atoms with Crippen molar-refractivity contribution >= 4 is 34.0 Å². The molecule has 9 heteroatoms. The first-order valence-corrected chi connectivity index (χ1v) is 9.29. The van der Waals surface area contributed by atoms with E-state index in [1.807, 2.05) is 6.92 Å². The molecule has 7 nitrogen and oxygen atoms in total. The Morgan fingerprint density at radius 1 is 1.28 bits per heavy atom. The molecule has 0 aliphatic carbocycles. The largest absolute Gasteiger partial charge is 0.383 e. The van der Waals surface area contributed by atoms with Crippen LogP contribution < -0.4 is 11.1 Å². The number of anilines is 1. The predicted molar refractivity (Wildman–Crippen MR) is 102 cm³/mol. The molecule has 0 saturated carbocycles. The van der Waals surface area contributed by atoms with E-state index in [2.05, 4.69) is 5.32 Å². The molecular weight excluding hydrogens is 366 g/mol. The summed E-state index contributed by atoms with van der Waals surface area (Å²) in [6.07, 6.45) is 0. The van der Waals surface area contributed by atoms with E-state index in [1.54, 1.807) is 26.8 Å². The molecule has 0 heterocycles. The zero-order chi connectivity index (χ0) is 18.5. The number of hydrogen-bond donors (Lipinski definition) is 2. The van der Waals surface area contributed by atoms with Gasteiger partial charge in [-0.1, -0.05) is 13.8 Å². The van der Waals surface area contributed by atoms with Gasteiger partial charge in [0.25, 0.3) is 0 Å². The highest BCUT2D eigenvalue weighted by molar-refractivity contribution is 7.89. The molecule has 0 aromatic heterocycles. The number of nitrogens with zero attached hydrogens (tertiary/aromatic N) is 1. The van der Waals surface area contributed by atoms with E-state index < -0.39 is 22.0 Å². The summed E-state index contributed by atoms with van der Waals surface area (Å²) in [4.78, 5) is 12.3. The zero-order valence-electron chi connectivity index (χ0n) is 15.3. The summed E-state index contributed by atoms with van der Waals surface area (Å²) in [6, 6.07) is 2.28. The smallest absolute Gasteiger partial charge is 0.243 e. The summed E-state index contributed by atoms with van der Waals surface area (Å²) in [7, 11) is -2.14. The average molecular weight is 394 g/mol. The van der Waals surface area contributed by atoms with Crippen LogP contribution in [0.1, 0.15) is 25.0 Å². The third-order valence-corrected chi connectivity index (χ3v) is 5.95. The van der Waals surface area contributed by atoms with Gasteiger partial charge in [-0.3, -0.25) is 4.79 Å². The molecule has 1 aromatic carbocycles. The molecule has 0 bridgehead atoms. The van der Waals surface area contributed by atoms with Gasteiger partial charge < -0.3 is 15.8 Å². The van der Waals surface area contributed by atoms with E-state index >= 15 is 0 Å². The fourth-order valence-electron chi connectivity index (χ4n) is 2.30. The number of methoxy groups -OCH3 is 1. The summed E-state index contributed by atoms with van der Waals surface area (Å²) in [5.41, 5.74) is 7.73. The van der Waals surface area contributed by atoms with Crippen LogP contribution in [0.3, 0.4) is 0 Å². The van der Waals surface area contributed by atoms with E-state index in [-0.39, 0.29) is 23.9 Å². The quantitative estimate of drug-likeness (QED) is 0.699. The molecule has 0 radical (unpaired) electrons. The lowest BCUT2D eigenvalue weighted by atomic mass is 10.1. The molecule has 25 heavy (non-hydrogen) atoms. The molecule has 1 atom stereocenters. The van der Waals surface area contributed by atoms with Gasteiger partial charge >= 0.3 is 0 Å². The topological polar surface area (TPSA) is 102 Å². The second kappa shape index (κ2) is 10.1. The molecule has 1 unspecified atom stereocenters. The lowest BCUT2D eigenvalue weighted by Crippen LogP contribution is -2.39. The van der Waals surface area contributed by atoms with Crippen molar-refractivity contribution < 1.29 is 17.9 Å². The molecule has 1 rings (SSSR count). The van der Waals surface area contributed by atoms with Gasteiger partial charge in [0.1, 0.15) is 6.04 Å². The van der Waals surface area contributed by atoms with E-state index in [0.29, 0.717) is 18.8 Å². The Balaban J connectivity index is 0.00000576. The molecule has 1 amide bonds. The molecule has 0 aliphatic heterocycles. The molecule has 0 aliphatic rings. The maximum atomic E-state index is 12.7. The number of carbonyl (C=O) groups is 1. The van der Waals surface area contributed by atoms with E-state index in [9.17, 15) is 13.2 Å². The molecule has 144 valence electrons. The number of rotatable bonds is 8. The van der Waals surface area contributed by atoms with Gasteiger partial charge in [-0.2, -0.15) is 4.31 Å². The van der Waals surface area contributed by atoms with Gasteiger partial charge in [0.15, 0.2) is 0 Å². The SMILES string of the molecule is CCN(CC)S(=O)(=O)c1cc(C)c(C)c(NC(=O)C(N)COC)c1.Cl. The number of sulfonamides is 1. The summed E-state index contributed by atoms with van der Waals surface area (Å²) in [6.45, 7) is 8.05. The summed E-state index contributed by atoms with van der Waals surface area (Å²) < 4.78 is 31.6. The second-order valence-electron chi connectivity index (χ2n) is 5.55. The molecule has 1 aromatic rings. The third kappa shape index (κ3) is 5.65. The van der Waals surface area contributed by atoms with Crippen LogP contribution in [-0.2, 0) is 19.6 Å². The van der Waals surface area contributed by atoms with Gasteiger partial charge in [-0.05, 0) is 37.1 Å². The van der Waals surface area contributed by atoms with Crippen LogP contribution in [0.15, 0.2) is 17.0 Å². The Bertz CT molecular complexity index is 691. The first kappa shape index (κ1) is 23.8. The minimum atomic E-state index is -3.60. The molecule has 0 fully saturated rings. The number of halogens is 1. The Kier molecular flexibility index (Phi) is 9.60. The Hall–Kier alpha value is -1.19. The minimum Gasteiger partial charge on any atom is -0.383 e. The van der Waals surface area contributed by atoms with Gasteiger partial charge in [-0.25, -0.2) is 8.42 Å². The highest BCUT2D eigenvalue weighted by Gasteiger charge is 2.24. The van der Waals surface area contributed by atoms with Crippen molar-refractivity contribution in [3.05, 3.63) is 23.3 Å². The molecule has 0 saturated heterocycles. The average Bonchev–Trinajstić information content (AvgIpc) is 2.52. The molecule has 0 spiro atoms. The van der Waals surface area contributed by atoms with Crippen molar-refractivity contribution in [3.63, 3.8) is 0 Å². The zero-order valence-corrected chi connectivity index (χ0v) is 17.0. The second-order valence-corrected chi connectivity index (χ2v) is 7.49. The Morgan fingerprint density at radius 3 is 2.32 bits per heavy atom. The van der Waals surface area contributed by atoms with Crippen LogP contribution in [0, 0.1) is 13.8 Å². The number of ether oxygens (including phenoxy) is 1.